The van der Waals surface area contributed by atoms with Crippen LogP contribution in [0.15, 0.2) is 41.6 Å². The van der Waals surface area contributed by atoms with Crippen LogP contribution in [0.4, 0.5) is 22.7 Å². The van der Waals surface area contributed by atoms with Crippen LogP contribution < -0.4 is 17.2 Å². The van der Waals surface area contributed by atoms with Crippen molar-refractivity contribution in [1.82, 2.24) is 0 Å². The highest BCUT2D eigenvalue weighted by molar-refractivity contribution is 5.86. The van der Waals surface area contributed by atoms with E-state index in [9.17, 15) is 4.91 Å². The highest BCUT2D eigenvalue weighted by Gasteiger charge is 2.09. The molecule has 0 fully saturated rings. The lowest BCUT2D eigenvalue weighted by Gasteiger charge is -2.08. The van der Waals surface area contributed by atoms with E-state index in [1.54, 1.807) is 30.3 Å². The zero-order valence-corrected chi connectivity index (χ0v) is 9.05. The number of rotatable bonds is 2. The van der Waals surface area contributed by atoms with Crippen molar-refractivity contribution in [3.63, 3.8) is 0 Å². The Kier molecular flexibility index (Phi) is 2.66. The van der Waals surface area contributed by atoms with E-state index in [0.29, 0.717) is 28.2 Å². The molecule has 0 heterocycles. The number of benzene rings is 2. The highest BCUT2D eigenvalue weighted by atomic mass is 16.3. The van der Waals surface area contributed by atoms with Crippen molar-refractivity contribution in [3.8, 4) is 11.1 Å². The summed E-state index contributed by atoms with van der Waals surface area (Å²) in [5.41, 5.74) is 20.3. The Balaban J connectivity index is 2.63. The molecule has 0 saturated heterocycles. The molecule has 0 aliphatic carbocycles. The van der Waals surface area contributed by atoms with Crippen LogP contribution in [0.2, 0.25) is 0 Å². The maximum atomic E-state index is 10.8. The molecule has 0 atom stereocenters. The van der Waals surface area contributed by atoms with Crippen molar-refractivity contribution in [3.05, 3.63) is 41.3 Å². The van der Waals surface area contributed by atoms with Crippen LogP contribution in [0.3, 0.4) is 0 Å². The largest absolute Gasteiger partial charge is 0.399 e. The highest BCUT2D eigenvalue weighted by Crippen LogP contribution is 2.35. The topological polar surface area (TPSA) is 107 Å². The maximum absolute atomic E-state index is 10.8. The first-order valence-corrected chi connectivity index (χ1v) is 5.00. The van der Waals surface area contributed by atoms with Crippen LogP contribution in [0.5, 0.6) is 0 Å². The van der Waals surface area contributed by atoms with Gasteiger partial charge in [-0.1, -0.05) is 6.07 Å². The SMILES string of the molecule is Nc1ccc(-c2ccc(N)cc2N=O)c(N)c1. The van der Waals surface area contributed by atoms with Gasteiger partial charge < -0.3 is 17.2 Å². The van der Waals surface area contributed by atoms with Gasteiger partial charge in [0.15, 0.2) is 0 Å². The molecule has 2 rings (SSSR count). The summed E-state index contributed by atoms with van der Waals surface area (Å²) in [6.45, 7) is 0. The molecule has 86 valence electrons. The Bertz CT molecular complexity index is 581. The maximum Gasteiger partial charge on any atom is 0.117 e. The second-order valence-corrected chi connectivity index (χ2v) is 3.71. The van der Waals surface area contributed by atoms with E-state index < -0.39 is 0 Å². The summed E-state index contributed by atoms with van der Waals surface area (Å²) in [7, 11) is 0. The fourth-order valence-electron chi connectivity index (χ4n) is 1.68. The van der Waals surface area contributed by atoms with E-state index in [-0.39, 0.29) is 5.69 Å². The third-order valence-electron chi connectivity index (χ3n) is 2.49. The molecule has 0 saturated carbocycles. The van der Waals surface area contributed by atoms with E-state index in [1.165, 1.54) is 6.07 Å². The molecule has 0 spiro atoms. The van der Waals surface area contributed by atoms with E-state index in [1.807, 2.05) is 0 Å². The average Bonchev–Trinajstić information content (AvgIpc) is 2.30. The normalized spacial score (nSPS) is 10.1. The van der Waals surface area contributed by atoms with Crippen molar-refractivity contribution < 1.29 is 0 Å². The summed E-state index contributed by atoms with van der Waals surface area (Å²) in [4.78, 5) is 10.8. The fourth-order valence-corrected chi connectivity index (χ4v) is 1.68. The molecule has 0 aliphatic heterocycles. The van der Waals surface area contributed by atoms with Gasteiger partial charge in [0, 0.05) is 28.2 Å². The first-order chi connectivity index (χ1) is 8.11. The molecule has 0 radical (unpaired) electrons. The zero-order chi connectivity index (χ0) is 12.4. The molecular weight excluding hydrogens is 216 g/mol. The average molecular weight is 228 g/mol. The monoisotopic (exact) mass is 228 g/mol. The molecule has 0 amide bonds. The van der Waals surface area contributed by atoms with Crippen LogP contribution in [-0.2, 0) is 0 Å². The fraction of sp³-hybridized carbons (Fsp3) is 0. The molecule has 5 nitrogen and oxygen atoms in total. The lowest BCUT2D eigenvalue weighted by molar-refractivity contribution is 1.48. The zero-order valence-electron chi connectivity index (χ0n) is 9.05. The van der Waals surface area contributed by atoms with Crippen LogP contribution in [0.1, 0.15) is 0 Å². The predicted molar refractivity (Wildman–Crippen MR) is 70.6 cm³/mol. The summed E-state index contributed by atoms with van der Waals surface area (Å²) < 4.78 is 0. The van der Waals surface area contributed by atoms with Gasteiger partial charge in [0.05, 0.1) is 0 Å². The number of nitrogen functional groups attached to an aromatic ring is 3. The number of nitrogens with zero attached hydrogens (tertiary/aromatic N) is 1. The summed E-state index contributed by atoms with van der Waals surface area (Å²) in [5, 5.41) is 2.95. The number of hydrogen-bond acceptors (Lipinski definition) is 5. The van der Waals surface area contributed by atoms with Crippen molar-refractivity contribution in [2.24, 2.45) is 5.18 Å². The number of nitrogens with two attached hydrogens (primary N) is 3. The molecule has 2 aromatic rings. The lowest BCUT2D eigenvalue weighted by atomic mass is 10.0. The van der Waals surface area contributed by atoms with Gasteiger partial charge in [-0.3, -0.25) is 0 Å². The van der Waals surface area contributed by atoms with Crippen molar-refractivity contribution in [1.29, 1.82) is 0 Å². The van der Waals surface area contributed by atoms with Crippen molar-refractivity contribution in [2.75, 3.05) is 17.2 Å². The summed E-state index contributed by atoms with van der Waals surface area (Å²) in [6.07, 6.45) is 0. The molecule has 0 bridgehead atoms. The van der Waals surface area contributed by atoms with E-state index >= 15 is 0 Å². The first-order valence-electron chi connectivity index (χ1n) is 5.00. The third kappa shape index (κ3) is 2.03. The molecule has 0 unspecified atom stereocenters. The molecule has 0 aliphatic rings. The molecular formula is C12H12N4O. The third-order valence-corrected chi connectivity index (χ3v) is 2.49. The summed E-state index contributed by atoms with van der Waals surface area (Å²) >= 11 is 0. The second kappa shape index (κ2) is 4.13. The van der Waals surface area contributed by atoms with Crippen LogP contribution in [0.25, 0.3) is 11.1 Å². The van der Waals surface area contributed by atoms with Gasteiger partial charge in [0.2, 0.25) is 0 Å². The molecule has 5 heteroatoms. The molecule has 0 aromatic heterocycles. The van der Waals surface area contributed by atoms with Gasteiger partial charge in [-0.05, 0) is 35.5 Å². The minimum atomic E-state index is 0.265. The van der Waals surface area contributed by atoms with Gasteiger partial charge >= 0.3 is 0 Å². The molecule has 6 N–H and O–H groups in total. The van der Waals surface area contributed by atoms with E-state index in [4.69, 9.17) is 17.2 Å². The Labute approximate surface area is 98.2 Å². The predicted octanol–water partition coefficient (Wildman–Crippen LogP) is 2.50. The molecule has 17 heavy (non-hydrogen) atoms. The Morgan fingerprint density at radius 3 is 2.00 bits per heavy atom. The van der Waals surface area contributed by atoms with Gasteiger partial charge in [-0.25, -0.2) is 0 Å². The van der Waals surface area contributed by atoms with Gasteiger partial charge in [0.1, 0.15) is 5.69 Å². The van der Waals surface area contributed by atoms with Crippen molar-refractivity contribution in [2.45, 2.75) is 0 Å². The van der Waals surface area contributed by atoms with Gasteiger partial charge in [-0.2, -0.15) is 0 Å². The number of anilines is 3. The Morgan fingerprint density at radius 1 is 0.824 bits per heavy atom. The van der Waals surface area contributed by atoms with Gasteiger partial charge in [0.25, 0.3) is 0 Å². The minimum Gasteiger partial charge on any atom is -0.399 e. The van der Waals surface area contributed by atoms with E-state index in [2.05, 4.69) is 5.18 Å². The van der Waals surface area contributed by atoms with Crippen LogP contribution >= 0.6 is 0 Å². The summed E-state index contributed by atoms with van der Waals surface area (Å²) in [5.74, 6) is 0. The standard InChI is InChI=1S/C12H12N4O/c13-7-1-3-9(11(15)5-7)10-4-2-8(14)6-12(10)16-17/h1-6H,13-15H2. The van der Waals surface area contributed by atoms with Crippen LogP contribution in [-0.4, -0.2) is 0 Å². The number of nitroso groups, excluding NO2 is 1. The summed E-state index contributed by atoms with van der Waals surface area (Å²) in [6, 6.07) is 10.0. The van der Waals surface area contributed by atoms with Gasteiger partial charge in [-0.15, -0.1) is 4.91 Å². The lowest BCUT2D eigenvalue weighted by Crippen LogP contribution is -1.94. The van der Waals surface area contributed by atoms with Crippen LogP contribution in [0, 0.1) is 4.91 Å². The van der Waals surface area contributed by atoms with E-state index in [0.717, 1.165) is 0 Å². The molecule has 2 aromatic carbocycles. The Morgan fingerprint density at radius 2 is 1.41 bits per heavy atom. The smallest absolute Gasteiger partial charge is 0.117 e. The Hall–Kier alpha value is -2.56. The first kappa shape index (κ1) is 10.9. The number of hydrogen-bond donors (Lipinski definition) is 3. The second-order valence-electron chi connectivity index (χ2n) is 3.71. The minimum absolute atomic E-state index is 0.265. The van der Waals surface area contributed by atoms with Crippen molar-refractivity contribution >= 4 is 22.7 Å². The quantitative estimate of drug-likeness (QED) is 0.542.